The molecule has 1 aliphatic rings. The van der Waals surface area contributed by atoms with Crippen molar-refractivity contribution in [2.75, 3.05) is 6.54 Å². The summed E-state index contributed by atoms with van der Waals surface area (Å²) in [5.41, 5.74) is 5.81. The molecule has 1 unspecified atom stereocenters. The largest absolute Gasteiger partial charge is 0.456 e. The van der Waals surface area contributed by atoms with Gasteiger partial charge in [0.25, 0.3) is 5.91 Å². The first-order chi connectivity index (χ1) is 13.5. The van der Waals surface area contributed by atoms with Crippen LogP contribution in [0.1, 0.15) is 92.4 Å². The number of aryl methyl sites for hydroxylation is 1. The molecule has 4 nitrogen and oxygen atoms in total. The summed E-state index contributed by atoms with van der Waals surface area (Å²) in [6.45, 7) is 13.7. The number of hydrogen-bond acceptors (Lipinski definition) is 3. The molecule has 1 aliphatic carbocycles. The summed E-state index contributed by atoms with van der Waals surface area (Å²) >= 11 is 0. The van der Waals surface area contributed by atoms with Gasteiger partial charge in [-0.3, -0.25) is 4.79 Å². The van der Waals surface area contributed by atoms with Crippen LogP contribution in [0.25, 0.3) is 0 Å². The Morgan fingerprint density at radius 2 is 1.76 bits per heavy atom. The average Bonchev–Trinajstić information content (AvgIpc) is 3.09. The van der Waals surface area contributed by atoms with Gasteiger partial charge in [0.1, 0.15) is 5.76 Å². The first kappa shape index (κ1) is 21.6. The Balaban J connectivity index is 1.80. The van der Waals surface area contributed by atoms with Gasteiger partial charge in [-0.15, -0.1) is 0 Å². The molecule has 4 heteroatoms. The van der Waals surface area contributed by atoms with Crippen LogP contribution in [0.4, 0.5) is 0 Å². The number of fused-ring (bicyclic) bond motifs is 1. The summed E-state index contributed by atoms with van der Waals surface area (Å²) in [6.07, 6.45) is 3.17. The lowest BCUT2D eigenvalue weighted by atomic mass is 9.62. The summed E-state index contributed by atoms with van der Waals surface area (Å²) in [5, 5.41) is 12.1. The predicted molar refractivity (Wildman–Crippen MR) is 117 cm³/mol. The van der Waals surface area contributed by atoms with Crippen molar-refractivity contribution < 1.29 is 14.3 Å². The van der Waals surface area contributed by atoms with Gasteiger partial charge >= 0.3 is 0 Å². The van der Waals surface area contributed by atoms with Crippen LogP contribution in [-0.2, 0) is 17.3 Å². The second kappa shape index (κ2) is 7.98. The molecule has 1 aromatic heterocycles. The molecular weight excluding hydrogens is 362 g/mol. The lowest BCUT2D eigenvalue weighted by Gasteiger charge is -2.42. The van der Waals surface area contributed by atoms with Crippen molar-refractivity contribution in [3.8, 4) is 0 Å². The highest BCUT2D eigenvalue weighted by Crippen LogP contribution is 2.46. The highest BCUT2D eigenvalue weighted by atomic mass is 16.3. The number of furan rings is 1. The zero-order valence-electron chi connectivity index (χ0n) is 18.7. The fraction of sp³-hybridized carbons (Fsp3) is 0.560. The van der Waals surface area contributed by atoms with E-state index in [1.807, 2.05) is 6.07 Å². The molecule has 1 atom stereocenters. The molecule has 0 bridgehead atoms. The maximum atomic E-state index is 12.2. The van der Waals surface area contributed by atoms with Crippen LogP contribution in [0.5, 0.6) is 0 Å². The summed E-state index contributed by atoms with van der Waals surface area (Å²) in [5.74, 6) is 0.881. The lowest BCUT2D eigenvalue weighted by Crippen LogP contribution is -2.34. The van der Waals surface area contributed by atoms with Crippen LogP contribution in [-0.4, -0.2) is 23.7 Å². The first-order valence-electron chi connectivity index (χ1n) is 10.7. The quantitative estimate of drug-likeness (QED) is 0.719. The number of carbonyl (C=O) groups excluding carboxylic acids is 1. The minimum atomic E-state index is -0.427. The third-order valence-electron chi connectivity index (χ3n) is 6.41. The van der Waals surface area contributed by atoms with Crippen molar-refractivity contribution in [2.45, 2.75) is 84.2 Å². The first-order valence-corrected chi connectivity index (χ1v) is 10.7. The molecule has 1 heterocycles. The summed E-state index contributed by atoms with van der Waals surface area (Å²) in [6, 6.07) is 8.33. The average molecular weight is 398 g/mol. The Morgan fingerprint density at radius 1 is 1.14 bits per heavy atom. The maximum absolute atomic E-state index is 12.2. The van der Waals surface area contributed by atoms with E-state index in [4.69, 9.17) is 4.42 Å². The van der Waals surface area contributed by atoms with Gasteiger partial charge in [-0.25, -0.2) is 0 Å². The minimum Gasteiger partial charge on any atom is -0.456 e. The van der Waals surface area contributed by atoms with Gasteiger partial charge in [-0.1, -0.05) is 39.8 Å². The second-order valence-corrected chi connectivity index (χ2v) is 9.93. The van der Waals surface area contributed by atoms with E-state index in [0.29, 0.717) is 25.1 Å². The number of aliphatic hydroxyl groups is 1. The van der Waals surface area contributed by atoms with E-state index >= 15 is 0 Å². The molecule has 0 saturated heterocycles. The summed E-state index contributed by atoms with van der Waals surface area (Å²) in [4.78, 5) is 12.2. The van der Waals surface area contributed by atoms with Crippen LogP contribution in [0.3, 0.4) is 0 Å². The normalized spacial score (nSPS) is 18.2. The highest BCUT2D eigenvalue weighted by molar-refractivity contribution is 5.91. The fourth-order valence-corrected chi connectivity index (χ4v) is 4.22. The molecule has 29 heavy (non-hydrogen) atoms. The SMILES string of the molecule is Cc1cc2c(cc1Cc1ccc(C(=O)NCCC(C)O)o1)C(C)(C)CCC2(C)C. The van der Waals surface area contributed by atoms with Gasteiger partial charge < -0.3 is 14.8 Å². The summed E-state index contributed by atoms with van der Waals surface area (Å²) < 4.78 is 5.82. The van der Waals surface area contributed by atoms with Crippen LogP contribution < -0.4 is 5.32 Å². The van der Waals surface area contributed by atoms with Gasteiger partial charge in [-0.2, -0.15) is 0 Å². The molecular formula is C25H35NO3. The van der Waals surface area contributed by atoms with E-state index in [0.717, 1.165) is 5.76 Å². The Kier molecular flexibility index (Phi) is 5.96. The molecule has 2 N–H and O–H groups in total. The van der Waals surface area contributed by atoms with Crippen molar-refractivity contribution in [3.63, 3.8) is 0 Å². The number of nitrogens with one attached hydrogen (secondary N) is 1. The molecule has 1 amide bonds. The molecule has 1 aromatic carbocycles. The highest BCUT2D eigenvalue weighted by Gasteiger charge is 2.37. The monoisotopic (exact) mass is 397 g/mol. The molecule has 2 aromatic rings. The van der Waals surface area contributed by atoms with E-state index in [9.17, 15) is 9.90 Å². The van der Waals surface area contributed by atoms with Gasteiger partial charge in [0.15, 0.2) is 5.76 Å². The van der Waals surface area contributed by atoms with E-state index in [-0.39, 0.29) is 16.7 Å². The predicted octanol–water partition coefficient (Wildman–Crippen LogP) is 5.03. The molecule has 0 radical (unpaired) electrons. The van der Waals surface area contributed by atoms with Crippen LogP contribution >= 0.6 is 0 Å². The second-order valence-electron chi connectivity index (χ2n) is 9.93. The van der Waals surface area contributed by atoms with Gasteiger partial charge in [0.2, 0.25) is 0 Å². The van der Waals surface area contributed by atoms with E-state index in [2.05, 4.69) is 52.1 Å². The number of rotatable bonds is 6. The smallest absolute Gasteiger partial charge is 0.286 e. The van der Waals surface area contributed by atoms with E-state index < -0.39 is 6.10 Å². The van der Waals surface area contributed by atoms with Crippen LogP contribution in [0.2, 0.25) is 0 Å². The zero-order valence-corrected chi connectivity index (χ0v) is 18.7. The van der Waals surface area contributed by atoms with Gasteiger partial charge in [0.05, 0.1) is 6.10 Å². The van der Waals surface area contributed by atoms with Crippen molar-refractivity contribution in [1.29, 1.82) is 0 Å². The van der Waals surface area contributed by atoms with E-state index in [1.54, 1.807) is 13.0 Å². The van der Waals surface area contributed by atoms with Crippen LogP contribution in [0, 0.1) is 6.92 Å². The molecule has 0 aliphatic heterocycles. The van der Waals surface area contributed by atoms with Crippen LogP contribution in [0.15, 0.2) is 28.7 Å². The number of amides is 1. The van der Waals surface area contributed by atoms with E-state index in [1.165, 1.54) is 35.1 Å². The number of benzene rings is 1. The third kappa shape index (κ3) is 4.75. The summed E-state index contributed by atoms with van der Waals surface area (Å²) in [7, 11) is 0. The fourth-order valence-electron chi connectivity index (χ4n) is 4.22. The Bertz CT molecular complexity index is 889. The van der Waals surface area contributed by atoms with Crippen molar-refractivity contribution in [1.82, 2.24) is 5.32 Å². The standard InChI is InChI=1S/C25H35NO3/c1-16-13-20-21(25(5,6)11-10-24(20,3)4)15-18(16)14-19-7-8-22(29-19)23(28)26-12-9-17(2)27/h7-8,13,15,17,27H,9-12,14H2,1-6H3,(H,26,28). The Labute approximate surface area is 174 Å². The minimum absolute atomic E-state index is 0.172. The Morgan fingerprint density at radius 3 is 2.38 bits per heavy atom. The number of aliphatic hydroxyl groups excluding tert-OH is 1. The van der Waals surface area contributed by atoms with Crippen molar-refractivity contribution in [2.24, 2.45) is 0 Å². The molecule has 0 fully saturated rings. The molecule has 158 valence electrons. The molecule has 3 rings (SSSR count). The zero-order chi connectivity index (χ0) is 21.4. The number of carbonyl (C=O) groups is 1. The lowest BCUT2D eigenvalue weighted by molar-refractivity contribution is 0.0916. The Hall–Kier alpha value is -2.07. The molecule has 0 saturated carbocycles. The molecule has 0 spiro atoms. The van der Waals surface area contributed by atoms with Gasteiger partial charge in [-0.05, 0) is 78.3 Å². The van der Waals surface area contributed by atoms with Crippen molar-refractivity contribution >= 4 is 5.91 Å². The number of hydrogen-bond donors (Lipinski definition) is 2. The third-order valence-corrected chi connectivity index (χ3v) is 6.41. The topological polar surface area (TPSA) is 62.5 Å². The maximum Gasteiger partial charge on any atom is 0.286 e. The van der Waals surface area contributed by atoms with Crippen molar-refractivity contribution in [3.05, 3.63) is 58.0 Å². The van der Waals surface area contributed by atoms with Gasteiger partial charge in [0, 0.05) is 13.0 Å².